The van der Waals surface area contributed by atoms with Crippen molar-refractivity contribution in [2.75, 3.05) is 6.79 Å². The average molecular weight is 479 g/mol. The second-order valence-electron chi connectivity index (χ2n) is 7.37. The van der Waals surface area contributed by atoms with E-state index >= 15 is 0 Å². The smallest absolute Gasteiger partial charge is 0.231 e. The lowest BCUT2D eigenvalue weighted by Crippen LogP contribution is -2.12. The van der Waals surface area contributed by atoms with Crippen LogP contribution in [0.4, 0.5) is 0 Å². The molecule has 0 aromatic heterocycles. The van der Waals surface area contributed by atoms with Gasteiger partial charge in [0.25, 0.3) is 0 Å². The predicted molar refractivity (Wildman–Crippen MR) is 119 cm³/mol. The third-order valence-electron chi connectivity index (χ3n) is 5.26. The van der Waals surface area contributed by atoms with Gasteiger partial charge >= 0.3 is 0 Å². The van der Waals surface area contributed by atoms with Crippen molar-refractivity contribution in [1.29, 1.82) is 0 Å². The van der Waals surface area contributed by atoms with Gasteiger partial charge in [-0.25, -0.2) is 0 Å². The molecule has 0 atom stereocenters. The number of allylic oxidation sites excluding steroid dienone is 1. The molecule has 0 bridgehead atoms. The van der Waals surface area contributed by atoms with Crippen molar-refractivity contribution in [1.82, 2.24) is 0 Å². The summed E-state index contributed by atoms with van der Waals surface area (Å²) in [5, 5.41) is 0. The van der Waals surface area contributed by atoms with Crippen molar-refractivity contribution in [2.24, 2.45) is 0 Å². The van der Waals surface area contributed by atoms with Crippen LogP contribution >= 0.6 is 15.9 Å². The van der Waals surface area contributed by atoms with E-state index in [2.05, 4.69) is 15.9 Å². The summed E-state index contributed by atoms with van der Waals surface area (Å²) in [6, 6.07) is 17.4. The Morgan fingerprint density at radius 2 is 1.94 bits per heavy atom. The van der Waals surface area contributed by atoms with E-state index in [1.165, 1.54) is 0 Å². The summed E-state index contributed by atoms with van der Waals surface area (Å²) < 4.78 is 23.9. The van der Waals surface area contributed by atoms with Crippen LogP contribution in [0.2, 0.25) is 0 Å². The molecule has 2 aliphatic rings. The second kappa shape index (κ2) is 8.21. The van der Waals surface area contributed by atoms with Crippen LogP contribution in [0, 0.1) is 6.92 Å². The molecule has 2 heterocycles. The first-order valence-electron chi connectivity index (χ1n) is 9.87. The van der Waals surface area contributed by atoms with Gasteiger partial charge in [-0.05, 0) is 42.8 Å². The third kappa shape index (κ3) is 3.84. The Bertz CT molecular complexity index is 1200. The molecule has 2 aliphatic heterocycles. The quantitative estimate of drug-likeness (QED) is 0.442. The number of benzene rings is 3. The van der Waals surface area contributed by atoms with Gasteiger partial charge in [0.1, 0.15) is 23.9 Å². The van der Waals surface area contributed by atoms with Gasteiger partial charge in [0.15, 0.2) is 12.6 Å². The Balaban J connectivity index is 1.44. The number of ketones is 1. The second-order valence-corrected chi connectivity index (χ2v) is 8.29. The summed E-state index contributed by atoms with van der Waals surface area (Å²) >= 11 is 3.51. The van der Waals surface area contributed by atoms with E-state index in [0.717, 1.165) is 26.7 Å². The molecule has 3 aromatic carbocycles. The number of rotatable bonds is 4. The summed E-state index contributed by atoms with van der Waals surface area (Å²) in [5.41, 5.74) is 4.09. The van der Waals surface area contributed by atoms with E-state index in [-0.39, 0.29) is 18.3 Å². The van der Waals surface area contributed by atoms with Crippen molar-refractivity contribution in [3.63, 3.8) is 0 Å². The van der Waals surface area contributed by atoms with Crippen LogP contribution in [-0.4, -0.2) is 12.6 Å². The molecule has 31 heavy (non-hydrogen) atoms. The maximum absolute atomic E-state index is 13.0. The van der Waals surface area contributed by atoms with Gasteiger partial charge in [-0.3, -0.25) is 4.79 Å². The lowest BCUT2D eigenvalue weighted by molar-refractivity contribution is -0.0165. The van der Waals surface area contributed by atoms with E-state index in [0.29, 0.717) is 36.0 Å². The molecule has 0 unspecified atom stereocenters. The van der Waals surface area contributed by atoms with Crippen LogP contribution in [-0.2, 0) is 18.0 Å². The number of hydrogen-bond donors (Lipinski definition) is 0. The fourth-order valence-corrected chi connectivity index (χ4v) is 4.24. The number of hydrogen-bond acceptors (Lipinski definition) is 5. The zero-order valence-electron chi connectivity index (χ0n) is 16.8. The van der Waals surface area contributed by atoms with Gasteiger partial charge in [-0.15, -0.1) is 0 Å². The summed E-state index contributed by atoms with van der Waals surface area (Å²) in [6.45, 7) is 2.99. The standard InChI is InChI=1S/C25H19BrO5/c1-15-21(29-12-16-5-3-2-4-6-16)8-7-20-23(27)22(31-24(15)20)11-17-9-19(26)10-18-13-28-14-30-25(17)18/h2-11H,12-14H2,1H3/b22-11-. The zero-order chi connectivity index (χ0) is 21.4. The van der Waals surface area contributed by atoms with Crippen LogP contribution in [0.25, 0.3) is 6.08 Å². The van der Waals surface area contributed by atoms with Crippen LogP contribution < -0.4 is 14.2 Å². The Kier molecular flexibility index (Phi) is 5.26. The van der Waals surface area contributed by atoms with Crippen molar-refractivity contribution >= 4 is 27.8 Å². The number of ether oxygens (including phenoxy) is 4. The molecule has 0 fully saturated rings. The highest BCUT2D eigenvalue weighted by Crippen LogP contribution is 2.41. The molecule has 3 aromatic rings. The number of carbonyl (C=O) groups excluding carboxylic acids is 1. The summed E-state index contributed by atoms with van der Waals surface area (Å²) in [5.74, 6) is 2.03. The molecule has 0 N–H and O–H groups in total. The summed E-state index contributed by atoms with van der Waals surface area (Å²) in [6.07, 6.45) is 1.72. The fraction of sp³-hybridized carbons (Fsp3) is 0.160. The van der Waals surface area contributed by atoms with Gasteiger partial charge in [-0.1, -0.05) is 46.3 Å². The molecule has 0 saturated carbocycles. The highest BCUT2D eigenvalue weighted by atomic mass is 79.9. The van der Waals surface area contributed by atoms with Crippen LogP contribution in [0.1, 0.15) is 32.6 Å². The maximum Gasteiger partial charge on any atom is 0.231 e. The van der Waals surface area contributed by atoms with Crippen molar-refractivity contribution in [3.05, 3.63) is 92.6 Å². The summed E-state index contributed by atoms with van der Waals surface area (Å²) in [4.78, 5) is 13.0. The van der Waals surface area contributed by atoms with E-state index in [1.807, 2.05) is 55.5 Å². The number of Topliss-reactive ketones (excluding diaryl/α,β-unsaturated/α-hetero) is 1. The Morgan fingerprint density at radius 1 is 1.10 bits per heavy atom. The predicted octanol–water partition coefficient (Wildman–Crippen LogP) is 5.82. The number of halogens is 1. The van der Waals surface area contributed by atoms with Crippen molar-refractivity contribution in [3.8, 4) is 17.2 Å². The molecule has 0 spiro atoms. The molecular formula is C25H19BrO5. The van der Waals surface area contributed by atoms with Crippen LogP contribution in [0.3, 0.4) is 0 Å². The lowest BCUT2D eigenvalue weighted by Gasteiger charge is -2.20. The monoisotopic (exact) mass is 478 g/mol. The Labute approximate surface area is 188 Å². The first kappa shape index (κ1) is 19.8. The molecule has 0 amide bonds. The SMILES string of the molecule is Cc1c(OCc2ccccc2)ccc2c1O/C(=C\c1cc(Br)cc3c1OCOC3)C2=O. The van der Waals surface area contributed by atoms with Crippen LogP contribution in [0.15, 0.2) is 64.8 Å². The fourth-order valence-electron chi connectivity index (χ4n) is 3.72. The van der Waals surface area contributed by atoms with E-state index < -0.39 is 0 Å². The first-order valence-corrected chi connectivity index (χ1v) is 10.7. The average Bonchev–Trinajstić information content (AvgIpc) is 3.10. The molecule has 5 nitrogen and oxygen atoms in total. The molecular weight excluding hydrogens is 460 g/mol. The molecule has 0 saturated heterocycles. The van der Waals surface area contributed by atoms with Crippen molar-refractivity contribution < 1.29 is 23.7 Å². The lowest BCUT2D eigenvalue weighted by atomic mass is 10.0. The van der Waals surface area contributed by atoms with Gasteiger partial charge in [0.05, 0.1) is 12.2 Å². The Morgan fingerprint density at radius 3 is 2.77 bits per heavy atom. The molecule has 0 radical (unpaired) electrons. The highest BCUT2D eigenvalue weighted by molar-refractivity contribution is 9.10. The molecule has 6 heteroatoms. The maximum atomic E-state index is 13.0. The van der Waals surface area contributed by atoms with Gasteiger partial charge in [-0.2, -0.15) is 0 Å². The van der Waals surface area contributed by atoms with E-state index in [9.17, 15) is 4.79 Å². The minimum Gasteiger partial charge on any atom is -0.488 e. The molecule has 5 rings (SSSR count). The van der Waals surface area contributed by atoms with Gasteiger partial charge < -0.3 is 18.9 Å². The normalized spacial score (nSPS) is 15.8. The highest BCUT2D eigenvalue weighted by Gasteiger charge is 2.31. The van der Waals surface area contributed by atoms with Gasteiger partial charge in [0, 0.05) is 21.2 Å². The minimum atomic E-state index is -0.159. The number of fused-ring (bicyclic) bond motifs is 2. The third-order valence-corrected chi connectivity index (χ3v) is 5.72. The molecule has 156 valence electrons. The molecule has 0 aliphatic carbocycles. The van der Waals surface area contributed by atoms with E-state index in [1.54, 1.807) is 12.1 Å². The zero-order valence-corrected chi connectivity index (χ0v) is 18.4. The topological polar surface area (TPSA) is 54.0 Å². The Hall–Kier alpha value is -3.09. The number of carbonyl (C=O) groups is 1. The minimum absolute atomic E-state index is 0.159. The first-order chi connectivity index (χ1) is 15.1. The summed E-state index contributed by atoms with van der Waals surface area (Å²) in [7, 11) is 0. The van der Waals surface area contributed by atoms with E-state index in [4.69, 9.17) is 18.9 Å². The van der Waals surface area contributed by atoms with Crippen LogP contribution in [0.5, 0.6) is 17.2 Å². The van der Waals surface area contributed by atoms with Gasteiger partial charge in [0.2, 0.25) is 5.78 Å². The largest absolute Gasteiger partial charge is 0.488 e. The van der Waals surface area contributed by atoms with Crippen molar-refractivity contribution in [2.45, 2.75) is 20.1 Å².